The van der Waals surface area contributed by atoms with Crippen LogP contribution in [0.25, 0.3) is 0 Å². The Morgan fingerprint density at radius 1 is 0.878 bits per heavy atom. The molecule has 1 fully saturated rings. The molecular weight excluding hydrogens is 542 g/mol. The van der Waals surface area contributed by atoms with E-state index in [0.29, 0.717) is 24.6 Å². The van der Waals surface area contributed by atoms with Gasteiger partial charge in [-0.3, -0.25) is 19.2 Å². The summed E-state index contributed by atoms with van der Waals surface area (Å²) in [5.74, 6) is 0.352. The van der Waals surface area contributed by atoms with Crippen molar-refractivity contribution >= 4 is 27.5 Å². The van der Waals surface area contributed by atoms with Gasteiger partial charge in [0.1, 0.15) is 5.75 Å². The van der Waals surface area contributed by atoms with Gasteiger partial charge in [-0.05, 0) is 82.1 Å². The lowest BCUT2D eigenvalue weighted by Gasteiger charge is -2.35. The average molecular weight is 580 g/mol. The number of carbonyl (C=O) groups excluding carboxylic acids is 2. The highest BCUT2D eigenvalue weighted by molar-refractivity contribution is 7.92. The predicted octanol–water partition coefficient (Wildman–Crippen LogP) is 3.11. The quantitative estimate of drug-likeness (QED) is 0.339. The van der Waals surface area contributed by atoms with Crippen molar-refractivity contribution in [1.82, 2.24) is 20.0 Å². The van der Waals surface area contributed by atoms with Crippen molar-refractivity contribution in [2.75, 3.05) is 64.6 Å². The molecule has 11 heteroatoms. The molecule has 2 N–H and O–H groups in total. The van der Waals surface area contributed by atoms with E-state index in [1.807, 2.05) is 18.2 Å². The van der Waals surface area contributed by atoms with Gasteiger partial charge in [-0.25, -0.2) is 8.42 Å². The molecule has 2 amide bonds. The molecule has 0 radical (unpaired) electrons. The van der Waals surface area contributed by atoms with E-state index in [2.05, 4.69) is 33.9 Å². The molecule has 0 spiro atoms. The predicted molar refractivity (Wildman–Crippen MR) is 159 cm³/mol. The summed E-state index contributed by atoms with van der Waals surface area (Å²) in [6, 6.07) is 21.4. The van der Waals surface area contributed by atoms with Crippen LogP contribution in [-0.4, -0.2) is 94.8 Å². The molecular formula is C30H37N5O5S. The topological polar surface area (TPSA) is 111 Å². The van der Waals surface area contributed by atoms with E-state index in [1.54, 1.807) is 41.3 Å². The Morgan fingerprint density at radius 3 is 2.22 bits per heavy atom. The van der Waals surface area contributed by atoms with E-state index in [0.717, 1.165) is 32.6 Å². The Labute approximate surface area is 241 Å². The van der Waals surface area contributed by atoms with Gasteiger partial charge in [0, 0.05) is 31.7 Å². The van der Waals surface area contributed by atoms with Crippen LogP contribution in [0.3, 0.4) is 0 Å². The van der Waals surface area contributed by atoms with Crippen LogP contribution in [0, 0.1) is 0 Å². The molecule has 0 atom stereocenters. The molecule has 1 aliphatic rings. The third kappa shape index (κ3) is 8.78. The van der Waals surface area contributed by atoms with Crippen molar-refractivity contribution in [2.45, 2.75) is 11.3 Å². The Kier molecular flexibility index (Phi) is 10.3. The molecule has 1 heterocycles. The maximum absolute atomic E-state index is 13.1. The molecule has 0 saturated carbocycles. The highest BCUT2D eigenvalue weighted by atomic mass is 32.2. The van der Waals surface area contributed by atoms with Gasteiger partial charge >= 0.3 is 0 Å². The van der Waals surface area contributed by atoms with Crippen LogP contribution in [0.5, 0.6) is 11.5 Å². The first kappa shape index (κ1) is 30.0. The van der Waals surface area contributed by atoms with Crippen molar-refractivity contribution in [1.29, 1.82) is 0 Å². The third-order valence-corrected chi connectivity index (χ3v) is 8.12. The van der Waals surface area contributed by atoms with Crippen LogP contribution in [0.4, 0.5) is 5.69 Å². The van der Waals surface area contributed by atoms with E-state index in [-0.39, 0.29) is 28.6 Å². The second-order valence-electron chi connectivity index (χ2n) is 10.1. The highest BCUT2D eigenvalue weighted by Crippen LogP contribution is 2.30. The number of amides is 2. The summed E-state index contributed by atoms with van der Waals surface area (Å²) in [5.41, 5.74) is 0.543. The first-order valence-electron chi connectivity index (χ1n) is 13.6. The van der Waals surface area contributed by atoms with Crippen molar-refractivity contribution in [3.05, 3.63) is 84.4 Å². The Hall–Kier alpha value is -3.93. The lowest BCUT2D eigenvalue weighted by Crippen LogP contribution is -2.51. The average Bonchev–Trinajstić information content (AvgIpc) is 2.97. The van der Waals surface area contributed by atoms with E-state index in [4.69, 9.17) is 4.74 Å². The second kappa shape index (κ2) is 14.1. The molecule has 0 bridgehead atoms. The van der Waals surface area contributed by atoms with Crippen molar-refractivity contribution < 1.29 is 22.7 Å². The van der Waals surface area contributed by atoms with Gasteiger partial charge in [0.15, 0.2) is 5.75 Å². The number of hydrogen-bond acceptors (Lipinski definition) is 7. The van der Waals surface area contributed by atoms with Gasteiger partial charge in [0.25, 0.3) is 15.9 Å². The second-order valence-corrected chi connectivity index (χ2v) is 11.8. The maximum atomic E-state index is 13.1. The minimum Gasteiger partial charge on any atom is -0.455 e. The summed E-state index contributed by atoms with van der Waals surface area (Å²) in [5, 5.41) is 2.65. The first-order chi connectivity index (χ1) is 19.7. The molecule has 0 aliphatic carbocycles. The summed E-state index contributed by atoms with van der Waals surface area (Å²) in [6.07, 6.45) is 1.09. The molecule has 41 heavy (non-hydrogen) atoms. The van der Waals surface area contributed by atoms with Gasteiger partial charge < -0.3 is 19.9 Å². The fraction of sp³-hybridized carbons (Fsp3) is 0.333. The number of rotatable bonds is 12. The van der Waals surface area contributed by atoms with Crippen LogP contribution in [0.1, 0.15) is 16.8 Å². The number of ether oxygens (including phenoxy) is 1. The summed E-state index contributed by atoms with van der Waals surface area (Å²) in [6.45, 7) is 4.84. The molecule has 3 aromatic carbocycles. The van der Waals surface area contributed by atoms with E-state index >= 15 is 0 Å². The standard InChI is InChI=1S/C30H37N5O5S/c1-33(2)17-8-18-34-19-21-35(22-20-34)29(36)23-31-30(37)24-13-15-26(16-14-24)41(38,39)32-27-11-6-7-12-28(27)40-25-9-4-3-5-10-25/h3-7,9-16,32H,8,17-23H2,1-2H3,(H,31,37). The van der Waals surface area contributed by atoms with Crippen molar-refractivity contribution in [3.63, 3.8) is 0 Å². The van der Waals surface area contributed by atoms with Crippen LogP contribution in [-0.2, 0) is 14.8 Å². The fourth-order valence-corrected chi connectivity index (χ4v) is 5.52. The Balaban J connectivity index is 1.28. The molecule has 1 aliphatic heterocycles. The van der Waals surface area contributed by atoms with E-state index in [1.165, 1.54) is 24.3 Å². The molecule has 3 aromatic rings. The van der Waals surface area contributed by atoms with Crippen LogP contribution in [0.15, 0.2) is 83.8 Å². The number of piperazine rings is 1. The number of nitrogens with zero attached hydrogens (tertiary/aromatic N) is 3. The van der Waals surface area contributed by atoms with Gasteiger partial charge in [-0.15, -0.1) is 0 Å². The largest absolute Gasteiger partial charge is 0.455 e. The summed E-state index contributed by atoms with van der Waals surface area (Å²) in [7, 11) is 0.162. The molecule has 0 unspecified atom stereocenters. The van der Waals surface area contributed by atoms with Crippen molar-refractivity contribution in [3.8, 4) is 11.5 Å². The zero-order chi connectivity index (χ0) is 29.2. The number of anilines is 1. The SMILES string of the molecule is CN(C)CCCN1CCN(C(=O)CNC(=O)c2ccc(S(=O)(=O)Nc3ccccc3Oc3ccccc3)cc2)CC1. The number of hydrogen-bond donors (Lipinski definition) is 2. The number of para-hydroxylation sites is 3. The smallest absolute Gasteiger partial charge is 0.262 e. The summed E-state index contributed by atoms with van der Waals surface area (Å²) < 4.78 is 34.5. The minimum absolute atomic E-state index is 0.0110. The fourth-order valence-electron chi connectivity index (χ4n) is 4.45. The monoisotopic (exact) mass is 579 g/mol. The highest BCUT2D eigenvalue weighted by Gasteiger charge is 2.22. The lowest BCUT2D eigenvalue weighted by atomic mass is 10.2. The summed E-state index contributed by atoms with van der Waals surface area (Å²) >= 11 is 0. The molecule has 218 valence electrons. The molecule has 10 nitrogen and oxygen atoms in total. The van der Waals surface area contributed by atoms with Crippen LogP contribution < -0.4 is 14.8 Å². The third-order valence-electron chi connectivity index (χ3n) is 6.73. The van der Waals surface area contributed by atoms with Gasteiger partial charge in [-0.1, -0.05) is 30.3 Å². The minimum atomic E-state index is -3.95. The number of sulfonamides is 1. The Bertz CT molecular complexity index is 1410. The van der Waals surface area contributed by atoms with Gasteiger partial charge in [0.2, 0.25) is 5.91 Å². The molecule has 4 rings (SSSR count). The van der Waals surface area contributed by atoms with Gasteiger partial charge in [0.05, 0.1) is 17.1 Å². The summed E-state index contributed by atoms with van der Waals surface area (Å²) in [4.78, 5) is 31.6. The van der Waals surface area contributed by atoms with Crippen LogP contribution >= 0.6 is 0 Å². The number of benzene rings is 3. The zero-order valence-corrected chi connectivity index (χ0v) is 24.3. The molecule has 1 saturated heterocycles. The van der Waals surface area contributed by atoms with E-state index < -0.39 is 15.9 Å². The van der Waals surface area contributed by atoms with E-state index in [9.17, 15) is 18.0 Å². The normalized spacial score (nSPS) is 14.1. The Morgan fingerprint density at radius 2 is 1.54 bits per heavy atom. The lowest BCUT2D eigenvalue weighted by molar-refractivity contribution is -0.131. The van der Waals surface area contributed by atoms with Crippen LogP contribution in [0.2, 0.25) is 0 Å². The maximum Gasteiger partial charge on any atom is 0.262 e. The number of carbonyl (C=O) groups is 2. The van der Waals surface area contributed by atoms with Crippen molar-refractivity contribution in [2.24, 2.45) is 0 Å². The zero-order valence-electron chi connectivity index (χ0n) is 23.5. The first-order valence-corrected chi connectivity index (χ1v) is 15.1. The number of nitrogens with one attached hydrogen (secondary N) is 2. The molecule has 0 aromatic heterocycles. The van der Waals surface area contributed by atoms with Gasteiger partial charge in [-0.2, -0.15) is 0 Å².